The number of amides is 1. The van der Waals surface area contributed by atoms with Gasteiger partial charge in [0.2, 0.25) is 5.91 Å². The summed E-state index contributed by atoms with van der Waals surface area (Å²) in [6.45, 7) is 10.2. The molecule has 1 aliphatic rings. The SMILES string of the molecule is Cc1ccccc1[C@@H](C)CC(=O)N1C[C@@H](C)N[C@@H](C)C1. The lowest BCUT2D eigenvalue weighted by molar-refractivity contribution is -0.133. The van der Waals surface area contributed by atoms with Crippen LogP contribution in [0, 0.1) is 6.92 Å². The fraction of sp³-hybridized carbons (Fsp3) is 0.588. The van der Waals surface area contributed by atoms with Crippen molar-refractivity contribution in [1.82, 2.24) is 10.2 Å². The van der Waals surface area contributed by atoms with Gasteiger partial charge in [0.1, 0.15) is 0 Å². The highest BCUT2D eigenvalue weighted by Crippen LogP contribution is 2.23. The summed E-state index contributed by atoms with van der Waals surface area (Å²) in [6.07, 6.45) is 0.601. The van der Waals surface area contributed by atoms with E-state index in [1.807, 2.05) is 11.0 Å². The lowest BCUT2D eigenvalue weighted by Crippen LogP contribution is -2.55. The van der Waals surface area contributed by atoms with Crippen LogP contribution in [-0.4, -0.2) is 36.0 Å². The van der Waals surface area contributed by atoms with Gasteiger partial charge < -0.3 is 10.2 Å². The Kier molecular flexibility index (Phi) is 4.81. The second-order valence-corrected chi connectivity index (χ2v) is 6.23. The van der Waals surface area contributed by atoms with Gasteiger partial charge in [-0.05, 0) is 37.8 Å². The Labute approximate surface area is 122 Å². The molecule has 110 valence electrons. The molecule has 1 saturated heterocycles. The topological polar surface area (TPSA) is 32.3 Å². The highest BCUT2D eigenvalue weighted by molar-refractivity contribution is 5.77. The molecule has 0 aliphatic carbocycles. The van der Waals surface area contributed by atoms with E-state index in [-0.39, 0.29) is 11.8 Å². The molecule has 1 aromatic rings. The van der Waals surface area contributed by atoms with Crippen molar-refractivity contribution in [2.45, 2.75) is 52.1 Å². The van der Waals surface area contributed by atoms with Crippen molar-refractivity contribution in [3.63, 3.8) is 0 Å². The molecular weight excluding hydrogens is 248 g/mol. The van der Waals surface area contributed by atoms with Crippen molar-refractivity contribution in [3.8, 4) is 0 Å². The van der Waals surface area contributed by atoms with Crippen LogP contribution in [0.1, 0.15) is 44.2 Å². The van der Waals surface area contributed by atoms with Crippen molar-refractivity contribution >= 4 is 5.91 Å². The Morgan fingerprint density at radius 1 is 1.30 bits per heavy atom. The van der Waals surface area contributed by atoms with Crippen LogP contribution in [0.4, 0.5) is 0 Å². The van der Waals surface area contributed by atoms with E-state index < -0.39 is 0 Å². The highest BCUT2D eigenvalue weighted by Gasteiger charge is 2.25. The van der Waals surface area contributed by atoms with E-state index in [9.17, 15) is 4.79 Å². The van der Waals surface area contributed by atoms with Crippen molar-refractivity contribution in [2.75, 3.05) is 13.1 Å². The molecule has 3 atom stereocenters. The van der Waals surface area contributed by atoms with E-state index in [2.05, 4.69) is 51.2 Å². The van der Waals surface area contributed by atoms with Crippen LogP contribution in [-0.2, 0) is 4.79 Å². The summed E-state index contributed by atoms with van der Waals surface area (Å²) in [6, 6.07) is 9.13. The smallest absolute Gasteiger partial charge is 0.223 e. The number of carbonyl (C=O) groups excluding carboxylic acids is 1. The summed E-state index contributed by atoms with van der Waals surface area (Å²) in [5.41, 5.74) is 2.56. The molecule has 20 heavy (non-hydrogen) atoms. The monoisotopic (exact) mass is 274 g/mol. The average Bonchev–Trinajstić information content (AvgIpc) is 2.37. The van der Waals surface area contributed by atoms with Gasteiger partial charge in [0, 0.05) is 31.6 Å². The molecule has 2 rings (SSSR count). The van der Waals surface area contributed by atoms with Gasteiger partial charge in [-0.1, -0.05) is 31.2 Å². The van der Waals surface area contributed by atoms with Crippen LogP contribution in [0.25, 0.3) is 0 Å². The van der Waals surface area contributed by atoms with E-state index in [0.717, 1.165) is 13.1 Å². The van der Waals surface area contributed by atoms with E-state index in [1.54, 1.807) is 0 Å². The molecular formula is C17H26N2O. The minimum atomic E-state index is 0.279. The van der Waals surface area contributed by atoms with E-state index in [1.165, 1.54) is 11.1 Å². The summed E-state index contributed by atoms with van der Waals surface area (Å²) < 4.78 is 0. The molecule has 0 unspecified atom stereocenters. The maximum Gasteiger partial charge on any atom is 0.223 e. The number of carbonyl (C=O) groups is 1. The van der Waals surface area contributed by atoms with Crippen molar-refractivity contribution in [1.29, 1.82) is 0 Å². The normalized spacial score (nSPS) is 24.5. The number of nitrogens with one attached hydrogen (secondary N) is 1. The van der Waals surface area contributed by atoms with Crippen molar-refractivity contribution in [2.24, 2.45) is 0 Å². The maximum atomic E-state index is 12.5. The number of hydrogen-bond acceptors (Lipinski definition) is 2. The van der Waals surface area contributed by atoms with Gasteiger partial charge >= 0.3 is 0 Å². The summed E-state index contributed by atoms with van der Waals surface area (Å²) in [4.78, 5) is 14.5. The number of nitrogens with zero attached hydrogens (tertiary/aromatic N) is 1. The third-order valence-electron chi connectivity index (χ3n) is 4.11. The molecule has 0 bridgehead atoms. The molecule has 3 heteroatoms. The second kappa shape index (κ2) is 6.40. The Bertz CT molecular complexity index is 462. The fourth-order valence-electron chi connectivity index (χ4n) is 3.17. The Morgan fingerprint density at radius 3 is 2.50 bits per heavy atom. The lowest BCUT2D eigenvalue weighted by Gasteiger charge is -2.36. The largest absolute Gasteiger partial charge is 0.340 e. The van der Waals surface area contributed by atoms with Crippen LogP contribution < -0.4 is 5.32 Å². The van der Waals surface area contributed by atoms with Crippen molar-refractivity contribution < 1.29 is 4.79 Å². The first-order valence-electron chi connectivity index (χ1n) is 7.56. The molecule has 3 nitrogen and oxygen atoms in total. The molecule has 0 saturated carbocycles. The molecule has 0 radical (unpaired) electrons. The Balaban J connectivity index is 1.99. The number of piperazine rings is 1. The number of benzene rings is 1. The molecule has 1 N–H and O–H groups in total. The first-order chi connectivity index (χ1) is 9.47. The van der Waals surface area contributed by atoms with Gasteiger partial charge in [0.05, 0.1) is 0 Å². The quantitative estimate of drug-likeness (QED) is 0.919. The van der Waals surface area contributed by atoms with Gasteiger partial charge in [-0.25, -0.2) is 0 Å². The zero-order valence-electron chi connectivity index (χ0n) is 13.0. The van der Waals surface area contributed by atoms with Gasteiger partial charge in [0.15, 0.2) is 0 Å². The minimum absolute atomic E-state index is 0.279. The van der Waals surface area contributed by atoms with Crippen LogP contribution in [0.15, 0.2) is 24.3 Å². The van der Waals surface area contributed by atoms with Crippen molar-refractivity contribution in [3.05, 3.63) is 35.4 Å². The highest BCUT2D eigenvalue weighted by atomic mass is 16.2. The molecule has 1 aliphatic heterocycles. The van der Waals surface area contributed by atoms with Gasteiger partial charge in [0.25, 0.3) is 0 Å². The molecule has 0 aromatic heterocycles. The predicted molar refractivity (Wildman–Crippen MR) is 82.9 cm³/mol. The second-order valence-electron chi connectivity index (χ2n) is 6.23. The maximum absolute atomic E-state index is 12.5. The summed E-state index contributed by atoms with van der Waals surface area (Å²) in [5, 5.41) is 3.46. The third-order valence-corrected chi connectivity index (χ3v) is 4.11. The third kappa shape index (κ3) is 3.60. The number of aryl methyl sites for hydroxylation is 1. The van der Waals surface area contributed by atoms with E-state index >= 15 is 0 Å². The summed E-state index contributed by atoms with van der Waals surface area (Å²) in [5.74, 6) is 0.560. The standard InChI is InChI=1S/C17H26N2O/c1-12-7-5-6-8-16(12)13(2)9-17(20)19-10-14(3)18-15(4)11-19/h5-8,13-15,18H,9-11H2,1-4H3/t13-,14-,15+/m0/s1. The van der Waals surface area contributed by atoms with E-state index in [4.69, 9.17) is 0 Å². The van der Waals surface area contributed by atoms with Crippen LogP contribution >= 0.6 is 0 Å². The van der Waals surface area contributed by atoms with Crippen LogP contribution in [0.2, 0.25) is 0 Å². The first kappa shape index (κ1) is 15.0. The van der Waals surface area contributed by atoms with Crippen LogP contribution in [0.3, 0.4) is 0 Å². The molecule has 1 fully saturated rings. The fourth-order valence-corrected chi connectivity index (χ4v) is 3.17. The lowest BCUT2D eigenvalue weighted by atomic mass is 9.93. The number of hydrogen-bond donors (Lipinski definition) is 1. The number of rotatable bonds is 3. The zero-order chi connectivity index (χ0) is 14.7. The van der Waals surface area contributed by atoms with Gasteiger partial charge in [-0.2, -0.15) is 0 Å². The molecule has 1 aromatic carbocycles. The Morgan fingerprint density at radius 2 is 1.90 bits per heavy atom. The first-order valence-corrected chi connectivity index (χ1v) is 7.56. The molecule has 0 spiro atoms. The Hall–Kier alpha value is -1.35. The summed E-state index contributed by atoms with van der Waals surface area (Å²) in [7, 11) is 0. The van der Waals surface area contributed by atoms with Gasteiger partial charge in [-0.3, -0.25) is 4.79 Å². The van der Waals surface area contributed by atoms with Gasteiger partial charge in [-0.15, -0.1) is 0 Å². The molecule has 1 heterocycles. The van der Waals surface area contributed by atoms with E-state index in [0.29, 0.717) is 18.5 Å². The molecule has 1 amide bonds. The zero-order valence-corrected chi connectivity index (χ0v) is 13.0. The summed E-state index contributed by atoms with van der Waals surface area (Å²) >= 11 is 0. The van der Waals surface area contributed by atoms with Crippen LogP contribution in [0.5, 0.6) is 0 Å². The minimum Gasteiger partial charge on any atom is -0.340 e. The average molecular weight is 274 g/mol. The predicted octanol–water partition coefficient (Wildman–Crippen LogP) is 2.70.